The van der Waals surface area contributed by atoms with E-state index in [0.29, 0.717) is 0 Å². The molecule has 1 fully saturated rings. The standard InChI is InChI=1S/C15H18F3NO3/c1-14(9-20)7-3-6-12(14)19-13(21)10-4-2-5-11(8-10)22-15(16,17)18/h2,4-5,8,12,20H,3,6-7,9H2,1H3,(H,19,21). The van der Waals surface area contributed by atoms with Crippen molar-refractivity contribution < 1.29 is 27.8 Å². The Hall–Kier alpha value is -1.76. The average Bonchev–Trinajstić information content (AvgIpc) is 2.79. The lowest BCUT2D eigenvalue weighted by atomic mass is 9.85. The number of benzene rings is 1. The van der Waals surface area contributed by atoms with E-state index in [2.05, 4.69) is 10.1 Å². The van der Waals surface area contributed by atoms with Gasteiger partial charge < -0.3 is 15.2 Å². The smallest absolute Gasteiger partial charge is 0.406 e. The van der Waals surface area contributed by atoms with E-state index in [4.69, 9.17) is 0 Å². The van der Waals surface area contributed by atoms with E-state index in [1.54, 1.807) is 0 Å². The van der Waals surface area contributed by atoms with E-state index >= 15 is 0 Å². The van der Waals surface area contributed by atoms with Crippen LogP contribution in [0.2, 0.25) is 0 Å². The molecule has 2 unspecified atom stereocenters. The van der Waals surface area contributed by atoms with Crippen LogP contribution >= 0.6 is 0 Å². The second-order valence-electron chi connectivity index (χ2n) is 5.81. The third-order valence-electron chi connectivity index (χ3n) is 4.08. The first-order valence-corrected chi connectivity index (χ1v) is 7.01. The summed E-state index contributed by atoms with van der Waals surface area (Å²) in [7, 11) is 0. The van der Waals surface area contributed by atoms with Gasteiger partial charge in [0, 0.05) is 17.0 Å². The van der Waals surface area contributed by atoms with Crippen LogP contribution in [0.25, 0.3) is 0 Å². The molecule has 122 valence electrons. The van der Waals surface area contributed by atoms with Crippen molar-refractivity contribution in [1.82, 2.24) is 5.32 Å². The van der Waals surface area contributed by atoms with E-state index in [1.165, 1.54) is 12.1 Å². The van der Waals surface area contributed by atoms with Gasteiger partial charge in [0.15, 0.2) is 0 Å². The molecule has 0 aromatic heterocycles. The van der Waals surface area contributed by atoms with Crippen LogP contribution in [0.5, 0.6) is 5.75 Å². The molecule has 1 aliphatic carbocycles. The Morgan fingerprint density at radius 2 is 2.23 bits per heavy atom. The van der Waals surface area contributed by atoms with Crippen LogP contribution in [0, 0.1) is 5.41 Å². The largest absolute Gasteiger partial charge is 0.573 e. The van der Waals surface area contributed by atoms with Gasteiger partial charge in [-0.2, -0.15) is 0 Å². The summed E-state index contributed by atoms with van der Waals surface area (Å²) in [6, 6.07) is 4.74. The Kier molecular flexibility index (Phi) is 4.65. The zero-order valence-electron chi connectivity index (χ0n) is 12.1. The zero-order chi connectivity index (χ0) is 16.4. The van der Waals surface area contributed by atoms with E-state index in [-0.39, 0.29) is 18.2 Å². The van der Waals surface area contributed by atoms with Gasteiger partial charge in [0.1, 0.15) is 5.75 Å². The molecule has 1 aromatic rings. The van der Waals surface area contributed by atoms with Crippen molar-refractivity contribution in [2.45, 2.75) is 38.6 Å². The third kappa shape index (κ3) is 3.91. The fourth-order valence-electron chi connectivity index (χ4n) is 2.74. The first kappa shape index (κ1) is 16.6. The van der Waals surface area contributed by atoms with Crippen LogP contribution < -0.4 is 10.1 Å². The second-order valence-corrected chi connectivity index (χ2v) is 5.81. The SMILES string of the molecule is CC1(CO)CCCC1NC(=O)c1cccc(OC(F)(F)F)c1. The summed E-state index contributed by atoms with van der Waals surface area (Å²) in [5.41, 5.74) is -0.302. The highest BCUT2D eigenvalue weighted by molar-refractivity contribution is 5.94. The lowest BCUT2D eigenvalue weighted by molar-refractivity contribution is -0.274. The number of aliphatic hydroxyl groups is 1. The molecule has 0 radical (unpaired) electrons. The van der Waals surface area contributed by atoms with Crippen LogP contribution in [-0.4, -0.2) is 30.0 Å². The number of nitrogens with one attached hydrogen (secondary N) is 1. The maximum atomic E-state index is 12.2. The Bertz CT molecular complexity index is 547. The molecule has 1 aromatic carbocycles. The third-order valence-corrected chi connectivity index (χ3v) is 4.08. The van der Waals surface area contributed by atoms with E-state index in [1.807, 2.05) is 6.92 Å². The molecule has 0 aliphatic heterocycles. The number of carbonyl (C=O) groups is 1. The molecule has 2 N–H and O–H groups in total. The minimum Gasteiger partial charge on any atom is -0.406 e. The van der Waals surface area contributed by atoms with E-state index in [0.717, 1.165) is 31.4 Å². The summed E-state index contributed by atoms with van der Waals surface area (Å²) < 4.78 is 40.4. The molecular formula is C15H18F3NO3. The van der Waals surface area contributed by atoms with Crippen molar-refractivity contribution in [3.05, 3.63) is 29.8 Å². The van der Waals surface area contributed by atoms with Crippen molar-refractivity contribution >= 4 is 5.91 Å². The summed E-state index contributed by atoms with van der Waals surface area (Å²) in [4.78, 5) is 12.2. The Morgan fingerprint density at radius 3 is 2.86 bits per heavy atom. The number of rotatable bonds is 4. The maximum Gasteiger partial charge on any atom is 0.573 e. The number of aliphatic hydroxyl groups excluding tert-OH is 1. The van der Waals surface area contributed by atoms with Gasteiger partial charge in [0.05, 0.1) is 6.61 Å². The average molecular weight is 317 g/mol. The molecule has 0 spiro atoms. The van der Waals surface area contributed by atoms with Crippen LogP contribution in [-0.2, 0) is 0 Å². The fraction of sp³-hybridized carbons (Fsp3) is 0.533. The molecule has 2 atom stereocenters. The summed E-state index contributed by atoms with van der Waals surface area (Å²) >= 11 is 0. The van der Waals surface area contributed by atoms with Gasteiger partial charge in [-0.05, 0) is 31.0 Å². The molecule has 22 heavy (non-hydrogen) atoms. The summed E-state index contributed by atoms with van der Waals surface area (Å²) in [6.45, 7) is 1.84. The molecule has 1 amide bonds. The van der Waals surface area contributed by atoms with Gasteiger partial charge in [-0.3, -0.25) is 4.79 Å². The molecule has 0 saturated heterocycles. The van der Waals surface area contributed by atoms with Crippen molar-refractivity contribution in [3.63, 3.8) is 0 Å². The van der Waals surface area contributed by atoms with Crippen molar-refractivity contribution in [1.29, 1.82) is 0 Å². The number of amides is 1. The number of halogens is 3. The van der Waals surface area contributed by atoms with Crippen molar-refractivity contribution in [2.75, 3.05) is 6.61 Å². The number of ether oxygens (including phenoxy) is 1. The van der Waals surface area contributed by atoms with Crippen LogP contribution in [0.1, 0.15) is 36.5 Å². The number of carbonyl (C=O) groups excluding carboxylic acids is 1. The summed E-state index contributed by atoms with van der Waals surface area (Å²) in [6.07, 6.45) is -2.37. The quantitative estimate of drug-likeness (QED) is 0.898. The van der Waals surface area contributed by atoms with Crippen LogP contribution in [0.15, 0.2) is 24.3 Å². The second kappa shape index (κ2) is 6.16. The minimum absolute atomic E-state index is 0.0465. The predicted octanol–water partition coefficient (Wildman–Crippen LogP) is 2.87. The van der Waals surface area contributed by atoms with Crippen molar-refractivity contribution in [2.24, 2.45) is 5.41 Å². The maximum absolute atomic E-state index is 12.2. The molecule has 1 aliphatic rings. The minimum atomic E-state index is -4.80. The van der Waals surface area contributed by atoms with Crippen LogP contribution in [0.3, 0.4) is 0 Å². The monoisotopic (exact) mass is 317 g/mol. The van der Waals surface area contributed by atoms with Gasteiger partial charge >= 0.3 is 6.36 Å². The topological polar surface area (TPSA) is 58.6 Å². The number of hydrogen-bond acceptors (Lipinski definition) is 3. The first-order valence-electron chi connectivity index (χ1n) is 7.01. The summed E-state index contributed by atoms with van der Waals surface area (Å²) in [5.74, 6) is -0.907. The van der Waals surface area contributed by atoms with Gasteiger partial charge in [0.2, 0.25) is 0 Å². The first-order chi connectivity index (χ1) is 10.2. The molecule has 2 rings (SSSR count). The molecular weight excluding hydrogens is 299 g/mol. The van der Waals surface area contributed by atoms with Crippen LogP contribution in [0.4, 0.5) is 13.2 Å². The number of alkyl halides is 3. The molecule has 0 bridgehead atoms. The predicted molar refractivity (Wildman–Crippen MR) is 73.4 cm³/mol. The fourth-order valence-corrected chi connectivity index (χ4v) is 2.74. The molecule has 0 heterocycles. The normalized spacial score (nSPS) is 25.0. The Labute approximate surface area is 126 Å². The highest BCUT2D eigenvalue weighted by Gasteiger charge is 2.39. The lowest BCUT2D eigenvalue weighted by Gasteiger charge is -2.30. The molecule has 1 saturated carbocycles. The molecule has 4 nitrogen and oxygen atoms in total. The Balaban J connectivity index is 2.08. The van der Waals surface area contributed by atoms with Gasteiger partial charge in [-0.1, -0.05) is 19.4 Å². The highest BCUT2D eigenvalue weighted by Crippen LogP contribution is 2.37. The molecule has 7 heteroatoms. The van der Waals surface area contributed by atoms with E-state index < -0.39 is 23.4 Å². The van der Waals surface area contributed by atoms with E-state index in [9.17, 15) is 23.1 Å². The number of hydrogen-bond donors (Lipinski definition) is 2. The van der Waals surface area contributed by atoms with Gasteiger partial charge in [-0.15, -0.1) is 13.2 Å². The highest BCUT2D eigenvalue weighted by atomic mass is 19.4. The summed E-state index contributed by atoms with van der Waals surface area (Å²) in [5, 5.41) is 12.2. The van der Waals surface area contributed by atoms with Gasteiger partial charge in [-0.25, -0.2) is 0 Å². The van der Waals surface area contributed by atoms with Crippen molar-refractivity contribution in [3.8, 4) is 5.75 Å². The Morgan fingerprint density at radius 1 is 1.50 bits per heavy atom. The zero-order valence-corrected chi connectivity index (χ0v) is 12.1. The van der Waals surface area contributed by atoms with Gasteiger partial charge in [0.25, 0.3) is 5.91 Å². The lowest BCUT2D eigenvalue weighted by Crippen LogP contribution is -2.44.